The SMILES string of the molecule is COc1ccc(-c2ccc(N3CCCN(C(=O)CN(CCc4ccccc4)C(=O)c4cccs4)CC3)nn2)cc1OC. The Balaban J connectivity index is 1.21. The van der Waals surface area contributed by atoms with Crippen molar-refractivity contribution in [2.24, 2.45) is 0 Å². The largest absolute Gasteiger partial charge is 0.493 e. The molecule has 4 aromatic rings. The summed E-state index contributed by atoms with van der Waals surface area (Å²) in [5.74, 6) is 1.92. The van der Waals surface area contributed by atoms with Crippen molar-refractivity contribution in [3.63, 3.8) is 0 Å². The highest BCUT2D eigenvalue weighted by molar-refractivity contribution is 7.12. The minimum Gasteiger partial charge on any atom is -0.493 e. The van der Waals surface area contributed by atoms with Crippen molar-refractivity contribution in [1.82, 2.24) is 20.0 Å². The first-order valence-electron chi connectivity index (χ1n) is 14.0. The maximum atomic E-state index is 13.5. The van der Waals surface area contributed by atoms with Crippen LogP contribution in [0.1, 0.15) is 21.7 Å². The van der Waals surface area contributed by atoms with Gasteiger partial charge in [-0.25, -0.2) is 0 Å². The summed E-state index contributed by atoms with van der Waals surface area (Å²) < 4.78 is 10.7. The van der Waals surface area contributed by atoms with E-state index in [-0.39, 0.29) is 18.4 Å². The van der Waals surface area contributed by atoms with Crippen molar-refractivity contribution >= 4 is 29.0 Å². The maximum Gasteiger partial charge on any atom is 0.264 e. The van der Waals surface area contributed by atoms with Crippen molar-refractivity contribution in [3.05, 3.63) is 88.6 Å². The Kier molecular flexibility index (Phi) is 9.66. The topological polar surface area (TPSA) is 88.1 Å². The molecule has 0 radical (unpaired) electrons. The van der Waals surface area contributed by atoms with E-state index in [1.807, 2.05) is 83.1 Å². The van der Waals surface area contributed by atoms with E-state index >= 15 is 0 Å². The van der Waals surface area contributed by atoms with E-state index in [0.717, 1.165) is 35.6 Å². The Hall–Kier alpha value is -4.44. The van der Waals surface area contributed by atoms with Gasteiger partial charge in [-0.15, -0.1) is 21.5 Å². The summed E-state index contributed by atoms with van der Waals surface area (Å²) >= 11 is 1.40. The number of rotatable bonds is 10. The molecule has 0 unspecified atom stereocenters. The molecule has 1 saturated heterocycles. The number of hydrogen-bond acceptors (Lipinski definition) is 8. The zero-order valence-electron chi connectivity index (χ0n) is 23.9. The van der Waals surface area contributed by atoms with Crippen LogP contribution in [0.4, 0.5) is 5.82 Å². The highest BCUT2D eigenvalue weighted by Crippen LogP contribution is 2.31. The normalized spacial score (nSPS) is 13.4. The van der Waals surface area contributed by atoms with Gasteiger partial charge in [0.25, 0.3) is 5.91 Å². The van der Waals surface area contributed by atoms with Crippen molar-refractivity contribution in [1.29, 1.82) is 0 Å². The van der Waals surface area contributed by atoms with E-state index in [2.05, 4.69) is 15.1 Å². The summed E-state index contributed by atoms with van der Waals surface area (Å²) in [5, 5.41) is 10.8. The van der Waals surface area contributed by atoms with E-state index in [1.165, 1.54) is 11.3 Å². The number of benzene rings is 2. The molecular weight excluding hydrogens is 550 g/mol. The number of carbonyl (C=O) groups is 2. The van der Waals surface area contributed by atoms with E-state index in [9.17, 15) is 9.59 Å². The second-order valence-corrected chi connectivity index (χ2v) is 11.0. The van der Waals surface area contributed by atoms with Crippen LogP contribution in [0.3, 0.4) is 0 Å². The monoisotopic (exact) mass is 585 g/mol. The molecule has 2 amide bonds. The minimum atomic E-state index is -0.101. The lowest BCUT2D eigenvalue weighted by Crippen LogP contribution is -2.44. The number of anilines is 1. The standard InChI is InChI=1S/C32H35N5O4S/c1-40-27-13-11-25(22-28(27)41-2)26-12-14-30(34-33-26)35-16-7-17-36(20-19-35)31(38)23-37(32(39)29-10-6-21-42-29)18-15-24-8-4-3-5-9-24/h3-6,8-14,21-22H,7,15-20,23H2,1-2H3. The molecule has 5 rings (SSSR count). The molecule has 0 N–H and O–H groups in total. The van der Waals surface area contributed by atoms with E-state index in [4.69, 9.17) is 9.47 Å². The highest BCUT2D eigenvalue weighted by atomic mass is 32.1. The van der Waals surface area contributed by atoms with Gasteiger partial charge in [0.1, 0.15) is 6.54 Å². The van der Waals surface area contributed by atoms with Crippen molar-refractivity contribution in [2.75, 3.05) is 58.4 Å². The molecule has 0 atom stereocenters. The van der Waals surface area contributed by atoms with Crippen LogP contribution in [-0.2, 0) is 11.2 Å². The molecule has 2 aromatic carbocycles. The van der Waals surface area contributed by atoms with Gasteiger partial charge in [-0.05, 0) is 60.2 Å². The number of hydrogen-bond donors (Lipinski definition) is 0. The van der Waals surface area contributed by atoms with Crippen LogP contribution in [0, 0.1) is 0 Å². The summed E-state index contributed by atoms with van der Waals surface area (Å²) in [6, 6.07) is 23.3. The summed E-state index contributed by atoms with van der Waals surface area (Å²) in [4.78, 5) is 33.1. The molecule has 0 aliphatic carbocycles. The molecule has 10 heteroatoms. The first-order chi connectivity index (χ1) is 20.6. The third-order valence-electron chi connectivity index (χ3n) is 7.36. The predicted molar refractivity (Wildman–Crippen MR) is 164 cm³/mol. The fraction of sp³-hybridized carbons (Fsp3) is 0.312. The molecule has 0 bridgehead atoms. The van der Waals surface area contributed by atoms with Crippen LogP contribution in [0.15, 0.2) is 78.2 Å². The number of amides is 2. The fourth-order valence-corrected chi connectivity index (χ4v) is 5.71. The lowest BCUT2D eigenvalue weighted by molar-refractivity contribution is -0.131. The van der Waals surface area contributed by atoms with Gasteiger partial charge >= 0.3 is 0 Å². The zero-order chi connectivity index (χ0) is 29.3. The van der Waals surface area contributed by atoms with Gasteiger partial charge in [-0.3, -0.25) is 9.59 Å². The number of carbonyl (C=O) groups excluding carboxylic acids is 2. The molecule has 0 spiro atoms. The minimum absolute atomic E-state index is 0.0373. The Morgan fingerprint density at radius 3 is 2.43 bits per heavy atom. The Morgan fingerprint density at radius 1 is 0.881 bits per heavy atom. The summed E-state index contributed by atoms with van der Waals surface area (Å²) in [6.45, 7) is 3.13. The van der Waals surface area contributed by atoms with E-state index in [0.29, 0.717) is 49.0 Å². The van der Waals surface area contributed by atoms with Crippen LogP contribution in [0.25, 0.3) is 11.3 Å². The highest BCUT2D eigenvalue weighted by Gasteiger charge is 2.25. The first-order valence-corrected chi connectivity index (χ1v) is 14.9. The summed E-state index contributed by atoms with van der Waals surface area (Å²) in [5.41, 5.74) is 2.75. The van der Waals surface area contributed by atoms with Crippen molar-refractivity contribution in [2.45, 2.75) is 12.8 Å². The second-order valence-electron chi connectivity index (χ2n) is 10.0. The molecule has 3 heterocycles. The van der Waals surface area contributed by atoms with Crippen molar-refractivity contribution in [3.8, 4) is 22.8 Å². The van der Waals surface area contributed by atoms with Crippen LogP contribution < -0.4 is 14.4 Å². The number of ether oxygens (including phenoxy) is 2. The number of thiophene rings is 1. The van der Waals surface area contributed by atoms with Gasteiger partial charge in [0.05, 0.1) is 24.8 Å². The Bertz CT molecular complexity index is 1460. The van der Waals surface area contributed by atoms with Crippen LogP contribution in [0.5, 0.6) is 11.5 Å². The predicted octanol–water partition coefficient (Wildman–Crippen LogP) is 4.65. The average Bonchev–Trinajstić information content (AvgIpc) is 3.47. The smallest absolute Gasteiger partial charge is 0.264 e. The van der Waals surface area contributed by atoms with Gasteiger partial charge in [-0.1, -0.05) is 36.4 Å². The fourth-order valence-electron chi connectivity index (χ4n) is 5.02. The number of aromatic nitrogens is 2. The van der Waals surface area contributed by atoms with E-state index < -0.39 is 0 Å². The number of methoxy groups -OCH3 is 2. The zero-order valence-corrected chi connectivity index (χ0v) is 24.8. The number of nitrogens with zero attached hydrogens (tertiary/aromatic N) is 5. The molecule has 1 aliphatic heterocycles. The third kappa shape index (κ3) is 7.06. The van der Waals surface area contributed by atoms with Crippen LogP contribution in [0.2, 0.25) is 0 Å². The van der Waals surface area contributed by atoms with Crippen LogP contribution >= 0.6 is 11.3 Å². The third-order valence-corrected chi connectivity index (χ3v) is 8.22. The summed E-state index contributed by atoms with van der Waals surface area (Å²) in [6.07, 6.45) is 1.49. The molecule has 1 fully saturated rings. The first kappa shape index (κ1) is 29.1. The van der Waals surface area contributed by atoms with E-state index in [1.54, 1.807) is 19.1 Å². The quantitative estimate of drug-likeness (QED) is 0.268. The lowest BCUT2D eigenvalue weighted by atomic mass is 10.1. The molecule has 2 aromatic heterocycles. The molecule has 1 aliphatic rings. The van der Waals surface area contributed by atoms with Gasteiger partial charge in [0.15, 0.2) is 17.3 Å². The molecule has 218 valence electrons. The van der Waals surface area contributed by atoms with Gasteiger partial charge in [-0.2, -0.15) is 0 Å². The second kappa shape index (κ2) is 14.0. The lowest BCUT2D eigenvalue weighted by Gasteiger charge is -2.27. The Labute approximate surface area is 250 Å². The molecule has 9 nitrogen and oxygen atoms in total. The van der Waals surface area contributed by atoms with Crippen molar-refractivity contribution < 1.29 is 19.1 Å². The van der Waals surface area contributed by atoms with Crippen LogP contribution in [-0.4, -0.2) is 85.3 Å². The van der Waals surface area contributed by atoms with Gasteiger partial charge in [0.2, 0.25) is 5.91 Å². The molecular formula is C32H35N5O4S. The summed E-state index contributed by atoms with van der Waals surface area (Å²) in [7, 11) is 3.21. The average molecular weight is 586 g/mol. The molecule has 0 saturated carbocycles. The molecule has 42 heavy (non-hydrogen) atoms. The maximum absolute atomic E-state index is 13.5. The van der Waals surface area contributed by atoms with Gasteiger partial charge in [0, 0.05) is 38.3 Å². The Morgan fingerprint density at radius 2 is 1.71 bits per heavy atom. The van der Waals surface area contributed by atoms with Gasteiger partial charge < -0.3 is 24.2 Å².